The number of carbonyl (C=O) groups is 2. The molecule has 10 heteroatoms. The van der Waals surface area contributed by atoms with Crippen molar-refractivity contribution in [1.29, 1.82) is 0 Å². The molecule has 0 spiro atoms. The van der Waals surface area contributed by atoms with E-state index >= 15 is 0 Å². The molecule has 1 heterocycles. The Morgan fingerprint density at radius 2 is 1.82 bits per heavy atom. The molecule has 3 N–H and O–H groups in total. The van der Waals surface area contributed by atoms with Crippen molar-refractivity contribution >= 4 is 63.4 Å². The largest absolute Gasteiger partial charge is 0.444 e. The number of amides is 2. The maximum atomic E-state index is 12.7. The highest BCUT2D eigenvalue weighted by molar-refractivity contribution is 14.1. The van der Waals surface area contributed by atoms with Crippen molar-refractivity contribution < 1.29 is 14.3 Å². The number of hydrogen-bond donors (Lipinski definition) is 3. The smallest absolute Gasteiger partial charge is 0.412 e. The summed E-state index contributed by atoms with van der Waals surface area (Å²) in [4.78, 5) is 32.9. The molecule has 0 aliphatic heterocycles. The van der Waals surface area contributed by atoms with E-state index in [0.717, 1.165) is 5.56 Å². The van der Waals surface area contributed by atoms with Crippen LogP contribution >= 0.6 is 34.2 Å². The number of rotatable bonds is 6. The Hall–Kier alpha value is -2.92. The van der Waals surface area contributed by atoms with Crippen LogP contribution in [0.2, 0.25) is 5.02 Å². The molecule has 2 amide bonds. The lowest BCUT2D eigenvalue weighted by Gasteiger charge is -2.19. The molecule has 3 rings (SSSR count). The molecule has 33 heavy (non-hydrogen) atoms. The molecule has 3 aromatic rings. The molecule has 0 fully saturated rings. The van der Waals surface area contributed by atoms with E-state index in [1.165, 1.54) is 6.20 Å². The van der Waals surface area contributed by atoms with Gasteiger partial charge in [0.2, 0.25) is 0 Å². The van der Waals surface area contributed by atoms with Crippen LogP contribution in [-0.2, 0) is 11.3 Å². The third kappa shape index (κ3) is 7.86. The first kappa shape index (κ1) is 24.7. The zero-order chi connectivity index (χ0) is 24.0. The summed E-state index contributed by atoms with van der Waals surface area (Å²) in [5.41, 5.74) is 1.97. The van der Waals surface area contributed by atoms with Gasteiger partial charge in [0.15, 0.2) is 9.65 Å². The summed E-state index contributed by atoms with van der Waals surface area (Å²) in [5.74, 6) is 0.218. The summed E-state index contributed by atoms with van der Waals surface area (Å²) in [5, 5.41) is 9.06. The second kappa shape index (κ2) is 10.8. The third-order valence-electron chi connectivity index (χ3n) is 4.13. The summed E-state index contributed by atoms with van der Waals surface area (Å²) < 4.78 is 5.82. The van der Waals surface area contributed by atoms with Crippen LogP contribution < -0.4 is 16.0 Å². The first-order valence-corrected chi connectivity index (χ1v) is 11.5. The van der Waals surface area contributed by atoms with Gasteiger partial charge in [-0.1, -0.05) is 29.8 Å². The summed E-state index contributed by atoms with van der Waals surface area (Å²) in [6.07, 6.45) is 0.979. The van der Waals surface area contributed by atoms with Gasteiger partial charge in [0.1, 0.15) is 10.6 Å². The van der Waals surface area contributed by atoms with Crippen molar-refractivity contribution in [2.75, 3.05) is 10.6 Å². The highest BCUT2D eigenvalue weighted by atomic mass is 127. The number of hydrogen-bond acceptors (Lipinski definition) is 6. The van der Waals surface area contributed by atoms with Crippen molar-refractivity contribution in [2.45, 2.75) is 32.9 Å². The van der Waals surface area contributed by atoms with Gasteiger partial charge in [-0.2, -0.15) is 0 Å². The van der Waals surface area contributed by atoms with Crippen LogP contribution in [0.3, 0.4) is 0 Å². The quantitative estimate of drug-likeness (QED) is 0.254. The summed E-state index contributed by atoms with van der Waals surface area (Å²) in [7, 11) is 0. The van der Waals surface area contributed by atoms with Gasteiger partial charge in [-0.05, 0) is 56.7 Å². The zero-order valence-electron chi connectivity index (χ0n) is 18.3. The monoisotopic (exact) mass is 579 g/mol. The number of anilines is 3. The van der Waals surface area contributed by atoms with Gasteiger partial charge in [0, 0.05) is 46.1 Å². The maximum absolute atomic E-state index is 12.7. The molecule has 8 nitrogen and oxygen atoms in total. The second-order valence-electron chi connectivity index (χ2n) is 8.05. The fraction of sp³-hybridized carbons (Fsp3) is 0.217. The minimum absolute atomic E-state index is 0.243. The Balaban J connectivity index is 1.61. The van der Waals surface area contributed by atoms with Crippen LogP contribution in [0.1, 0.15) is 36.7 Å². The van der Waals surface area contributed by atoms with E-state index in [9.17, 15) is 9.59 Å². The molecule has 0 aliphatic carbocycles. The molecule has 0 atom stereocenters. The molecule has 0 bridgehead atoms. The van der Waals surface area contributed by atoms with Crippen LogP contribution in [0.15, 0.2) is 54.7 Å². The lowest BCUT2D eigenvalue weighted by molar-refractivity contribution is 0.0635. The van der Waals surface area contributed by atoms with E-state index in [1.807, 2.05) is 34.7 Å². The first-order valence-electron chi connectivity index (χ1n) is 10.0. The van der Waals surface area contributed by atoms with Crippen LogP contribution in [0.4, 0.5) is 22.0 Å². The van der Waals surface area contributed by atoms with Crippen molar-refractivity contribution in [3.05, 3.63) is 74.7 Å². The predicted molar refractivity (Wildman–Crippen MR) is 137 cm³/mol. The molecule has 0 aliphatic rings. The normalized spacial score (nSPS) is 10.9. The van der Waals surface area contributed by atoms with E-state index in [0.29, 0.717) is 31.6 Å². The van der Waals surface area contributed by atoms with Gasteiger partial charge in [0.25, 0.3) is 5.91 Å². The number of benzene rings is 2. The van der Waals surface area contributed by atoms with Gasteiger partial charge in [-0.3, -0.25) is 10.1 Å². The minimum atomic E-state index is -0.587. The number of aromatic nitrogens is 2. The van der Waals surface area contributed by atoms with Crippen molar-refractivity contribution in [3.8, 4) is 0 Å². The molecule has 0 saturated heterocycles. The molecule has 172 valence electrons. The minimum Gasteiger partial charge on any atom is -0.444 e. The van der Waals surface area contributed by atoms with Gasteiger partial charge in [0.05, 0.1) is 6.20 Å². The van der Waals surface area contributed by atoms with Crippen molar-refractivity contribution in [3.63, 3.8) is 0 Å². The third-order valence-corrected chi connectivity index (χ3v) is 4.92. The molecule has 2 aromatic carbocycles. The van der Waals surface area contributed by atoms with E-state index in [1.54, 1.807) is 57.2 Å². The highest BCUT2D eigenvalue weighted by Gasteiger charge is 2.16. The lowest BCUT2D eigenvalue weighted by atomic mass is 10.1. The van der Waals surface area contributed by atoms with E-state index in [4.69, 9.17) is 16.3 Å². The molecule has 1 aromatic heterocycles. The zero-order valence-corrected chi connectivity index (χ0v) is 21.2. The summed E-state index contributed by atoms with van der Waals surface area (Å²) in [6, 6.07) is 14.2. The standard InChI is InChI=1S/C23H23ClIN5O3/c1-23(2,3)33-22(32)29-16-8-4-6-14(10-16)12-26-20(31)15-7-5-9-17(11-15)28-19-18(24)13-27-21(25)30-19/h4-11,13H,12H2,1-3H3,(H,26,31)(H,29,32)(H,27,28,30). The predicted octanol–water partition coefficient (Wildman–Crippen LogP) is 5.76. The Bertz CT molecular complexity index is 1170. The fourth-order valence-electron chi connectivity index (χ4n) is 2.77. The van der Waals surface area contributed by atoms with Gasteiger partial charge in [-0.15, -0.1) is 0 Å². The topological polar surface area (TPSA) is 105 Å². The van der Waals surface area contributed by atoms with E-state index in [2.05, 4.69) is 25.9 Å². The molecule has 0 saturated carbocycles. The summed E-state index contributed by atoms with van der Waals surface area (Å²) >= 11 is 8.13. The Labute approximate surface area is 210 Å². The van der Waals surface area contributed by atoms with Crippen LogP contribution in [-0.4, -0.2) is 27.6 Å². The van der Waals surface area contributed by atoms with Gasteiger partial charge in [-0.25, -0.2) is 14.8 Å². The average molecular weight is 580 g/mol. The molecular weight excluding hydrogens is 557 g/mol. The van der Waals surface area contributed by atoms with Gasteiger partial charge >= 0.3 is 6.09 Å². The van der Waals surface area contributed by atoms with Crippen molar-refractivity contribution in [1.82, 2.24) is 15.3 Å². The first-order chi connectivity index (χ1) is 15.6. The van der Waals surface area contributed by atoms with Crippen LogP contribution in [0.25, 0.3) is 0 Å². The fourth-order valence-corrected chi connectivity index (χ4v) is 3.29. The second-order valence-corrected chi connectivity index (χ2v) is 9.42. The Morgan fingerprint density at radius 3 is 2.58 bits per heavy atom. The number of nitrogens with one attached hydrogen (secondary N) is 3. The van der Waals surface area contributed by atoms with Gasteiger partial charge < -0.3 is 15.4 Å². The number of halogens is 2. The number of carbonyl (C=O) groups excluding carboxylic acids is 2. The van der Waals surface area contributed by atoms with Crippen LogP contribution in [0, 0.1) is 3.83 Å². The Morgan fingerprint density at radius 1 is 1.09 bits per heavy atom. The number of ether oxygens (including phenoxy) is 1. The molecule has 0 radical (unpaired) electrons. The average Bonchev–Trinajstić information content (AvgIpc) is 2.74. The van der Waals surface area contributed by atoms with Crippen molar-refractivity contribution in [2.24, 2.45) is 0 Å². The van der Waals surface area contributed by atoms with Crippen LogP contribution in [0.5, 0.6) is 0 Å². The SMILES string of the molecule is CC(C)(C)OC(=O)Nc1cccc(CNC(=O)c2cccc(Nc3nc(I)ncc3Cl)c2)c1. The summed E-state index contributed by atoms with van der Waals surface area (Å²) in [6.45, 7) is 5.68. The van der Waals surface area contributed by atoms with E-state index < -0.39 is 11.7 Å². The number of nitrogens with zero attached hydrogens (tertiary/aromatic N) is 2. The molecule has 0 unspecified atom stereocenters. The molecular formula is C23H23ClIN5O3. The Kier molecular flexibility index (Phi) is 8.09. The lowest BCUT2D eigenvalue weighted by Crippen LogP contribution is -2.27. The highest BCUT2D eigenvalue weighted by Crippen LogP contribution is 2.23. The maximum Gasteiger partial charge on any atom is 0.412 e. The van der Waals surface area contributed by atoms with E-state index in [-0.39, 0.29) is 12.5 Å².